The molecular formula is C17H19BrINO. The average Bonchev–Trinajstić information content (AvgIpc) is 2.48. The summed E-state index contributed by atoms with van der Waals surface area (Å²) in [5.41, 5.74) is 3.84. The molecule has 2 nitrogen and oxygen atoms in total. The topological polar surface area (TPSA) is 21.3 Å². The molecule has 1 N–H and O–H groups in total. The van der Waals surface area contributed by atoms with Gasteiger partial charge in [-0.05, 0) is 64.9 Å². The number of methoxy groups -OCH3 is 1. The van der Waals surface area contributed by atoms with Crippen molar-refractivity contribution in [1.29, 1.82) is 0 Å². The van der Waals surface area contributed by atoms with E-state index in [2.05, 4.69) is 82.0 Å². The second-order valence-corrected chi connectivity index (χ2v) is 6.79. The summed E-state index contributed by atoms with van der Waals surface area (Å²) in [6.45, 7) is 5.19. The lowest BCUT2D eigenvalue weighted by Crippen LogP contribution is -2.23. The van der Waals surface area contributed by atoms with E-state index in [4.69, 9.17) is 4.74 Å². The standard InChI is InChI=1S/C17H19BrINO/c1-4-20-17(14-7-5-6-11(2)16(14)19)13-9-8-12(21-3)10-15(13)18/h5-10,17,20H,4H2,1-3H3. The van der Waals surface area contributed by atoms with Crippen LogP contribution in [0.2, 0.25) is 0 Å². The molecule has 0 saturated carbocycles. The molecule has 0 aliphatic heterocycles. The third-order valence-electron chi connectivity index (χ3n) is 3.46. The van der Waals surface area contributed by atoms with Gasteiger partial charge >= 0.3 is 0 Å². The van der Waals surface area contributed by atoms with E-state index in [0.717, 1.165) is 16.8 Å². The fourth-order valence-electron chi connectivity index (χ4n) is 2.35. The zero-order valence-electron chi connectivity index (χ0n) is 12.4. The Kier molecular flexibility index (Phi) is 6.08. The molecule has 2 aromatic rings. The van der Waals surface area contributed by atoms with Crippen LogP contribution < -0.4 is 10.1 Å². The van der Waals surface area contributed by atoms with Crippen LogP contribution in [0.3, 0.4) is 0 Å². The summed E-state index contributed by atoms with van der Waals surface area (Å²) in [7, 11) is 1.69. The molecule has 0 amide bonds. The molecule has 1 unspecified atom stereocenters. The van der Waals surface area contributed by atoms with Crippen molar-refractivity contribution in [3.8, 4) is 5.75 Å². The van der Waals surface area contributed by atoms with Crippen molar-refractivity contribution in [3.05, 3.63) is 61.1 Å². The maximum Gasteiger partial charge on any atom is 0.120 e. The number of aryl methyl sites for hydroxylation is 1. The quantitative estimate of drug-likeness (QED) is 0.630. The fourth-order valence-corrected chi connectivity index (χ4v) is 3.61. The number of hydrogen-bond donors (Lipinski definition) is 1. The molecule has 21 heavy (non-hydrogen) atoms. The Morgan fingerprint density at radius 3 is 2.62 bits per heavy atom. The van der Waals surface area contributed by atoms with E-state index < -0.39 is 0 Å². The highest BCUT2D eigenvalue weighted by molar-refractivity contribution is 14.1. The van der Waals surface area contributed by atoms with Crippen LogP contribution in [0.4, 0.5) is 0 Å². The van der Waals surface area contributed by atoms with Crippen LogP contribution in [0.1, 0.15) is 29.7 Å². The molecule has 0 aliphatic rings. The second-order valence-electron chi connectivity index (χ2n) is 4.86. The molecule has 0 aromatic heterocycles. The molecule has 112 valence electrons. The SMILES string of the molecule is CCNC(c1ccc(OC)cc1Br)c1cccc(C)c1I. The molecule has 0 radical (unpaired) electrons. The molecule has 0 saturated heterocycles. The first kappa shape index (κ1) is 16.8. The lowest BCUT2D eigenvalue weighted by Gasteiger charge is -2.22. The molecule has 2 aromatic carbocycles. The van der Waals surface area contributed by atoms with E-state index in [0.29, 0.717) is 0 Å². The van der Waals surface area contributed by atoms with Gasteiger partial charge < -0.3 is 10.1 Å². The summed E-state index contributed by atoms with van der Waals surface area (Å²) >= 11 is 6.11. The predicted molar refractivity (Wildman–Crippen MR) is 100 cm³/mol. The first-order chi connectivity index (χ1) is 10.1. The first-order valence-electron chi connectivity index (χ1n) is 6.90. The van der Waals surface area contributed by atoms with Crippen LogP contribution in [-0.4, -0.2) is 13.7 Å². The maximum atomic E-state index is 5.29. The lowest BCUT2D eigenvalue weighted by atomic mass is 9.97. The third-order valence-corrected chi connectivity index (χ3v) is 5.62. The van der Waals surface area contributed by atoms with Crippen LogP contribution >= 0.6 is 38.5 Å². The molecule has 4 heteroatoms. The van der Waals surface area contributed by atoms with Gasteiger partial charge in [-0.25, -0.2) is 0 Å². The molecule has 0 aliphatic carbocycles. The third kappa shape index (κ3) is 3.79. The Labute approximate surface area is 148 Å². The minimum atomic E-state index is 0.169. The van der Waals surface area contributed by atoms with Gasteiger partial charge in [-0.1, -0.05) is 47.1 Å². The number of hydrogen-bond acceptors (Lipinski definition) is 2. The fraction of sp³-hybridized carbons (Fsp3) is 0.294. The van der Waals surface area contributed by atoms with Crippen molar-refractivity contribution in [2.24, 2.45) is 0 Å². The predicted octanol–water partition coefficient (Wildman–Crippen LogP) is 5.07. The van der Waals surface area contributed by atoms with Gasteiger partial charge in [-0.2, -0.15) is 0 Å². The van der Waals surface area contributed by atoms with Gasteiger partial charge in [-0.15, -0.1) is 0 Å². The molecular weight excluding hydrogens is 441 g/mol. The first-order valence-corrected chi connectivity index (χ1v) is 8.77. The number of benzene rings is 2. The highest BCUT2D eigenvalue weighted by atomic mass is 127. The monoisotopic (exact) mass is 459 g/mol. The van der Waals surface area contributed by atoms with Crippen LogP contribution in [0.25, 0.3) is 0 Å². The maximum absolute atomic E-state index is 5.29. The zero-order chi connectivity index (χ0) is 15.4. The summed E-state index contributed by atoms with van der Waals surface area (Å²) in [6.07, 6.45) is 0. The lowest BCUT2D eigenvalue weighted by molar-refractivity contribution is 0.414. The number of nitrogens with one attached hydrogen (secondary N) is 1. The Balaban J connectivity index is 2.51. The molecule has 0 spiro atoms. The highest BCUT2D eigenvalue weighted by Gasteiger charge is 2.19. The van der Waals surface area contributed by atoms with E-state index >= 15 is 0 Å². The van der Waals surface area contributed by atoms with Crippen molar-refractivity contribution in [2.75, 3.05) is 13.7 Å². The van der Waals surface area contributed by atoms with Crippen LogP contribution in [0.5, 0.6) is 5.75 Å². The second kappa shape index (κ2) is 7.61. The minimum Gasteiger partial charge on any atom is -0.497 e. The largest absolute Gasteiger partial charge is 0.497 e. The Morgan fingerprint density at radius 1 is 1.24 bits per heavy atom. The zero-order valence-corrected chi connectivity index (χ0v) is 16.2. The van der Waals surface area contributed by atoms with E-state index in [1.165, 1.54) is 20.3 Å². The molecule has 0 fully saturated rings. The van der Waals surface area contributed by atoms with Crippen molar-refractivity contribution in [1.82, 2.24) is 5.32 Å². The average molecular weight is 460 g/mol. The van der Waals surface area contributed by atoms with Gasteiger partial charge in [0.15, 0.2) is 0 Å². The highest BCUT2D eigenvalue weighted by Crippen LogP contribution is 2.34. The van der Waals surface area contributed by atoms with Crippen LogP contribution in [0, 0.1) is 10.5 Å². The number of halogens is 2. The minimum absolute atomic E-state index is 0.169. The van der Waals surface area contributed by atoms with E-state index in [-0.39, 0.29) is 6.04 Å². The smallest absolute Gasteiger partial charge is 0.120 e. The van der Waals surface area contributed by atoms with Gasteiger partial charge in [-0.3, -0.25) is 0 Å². The van der Waals surface area contributed by atoms with Crippen LogP contribution in [-0.2, 0) is 0 Å². The Bertz CT molecular complexity index is 630. The molecule has 0 heterocycles. The van der Waals surface area contributed by atoms with Crippen LogP contribution in [0.15, 0.2) is 40.9 Å². The van der Waals surface area contributed by atoms with Gasteiger partial charge in [0.25, 0.3) is 0 Å². The van der Waals surface area contributed by atoms with Crippen molar-refractivity contribution in [2.45, 2.75) is 19.9 Å². The van der Waals surface area contributed by atoms with E-state index in [1.54, 1.807) is 7.11 Å². The normalized spacial score (nSPS) is 12.2. The summed E-state index contributed by atoms with van der Waals surface area (Å²) in [4.78, 5) is 0. The van der Waals surface area contributed by atoms with Gasteiger partial charge in [0, 0.05) is 8.04 Å². The molecule has 2 rings (SSSR count). The Morgan fingerprint density at radius 2 is 2.00 bits per heavy atom. The summed E-state index contributed by atoms with van der Waals surface area (Å²) in [6, 6.07) is 12.8. The van der Waals surface area contributed by atoms with E-state index in [9.17, 15) is 0 Å². The Hall–Kier alpha value is -0.590. The number of rotatable bonds is 5. The van der Waals surface area contributed by atoms with Crippen molar-refractivity contribution < 1.29 is 4.74 Å². The van der Waals surface area contributed by atoms with Gasteiger partial charge in [0.2, 0.25) is 0 Å². The number of ether oxygens (including phenoxy) is 1. The summed E-state index contributed by atoms with van der Waals surface area (Å²) in [5.74, 6) is 0.861. The molecule has 0 bridgehead atoms. The molecule has 1 atom stereocenters. The summed E-state index contributed by atoms with van der Waals surface area (Å²) < 4.78 is 7.66. The van der Waals surface area contributed by atoms with Crippen molar-refractivity contribution >= 4 is 38.5 Å². The van der Waals surface area contributed by atoms with Gasteiger partial charge in [0.05, 0.1) is 13.2 Å². The van der Waals surface area contributed by atoms with Crippen molar-refractivity contribution in [3.63, 3.8) is 0 Å². The van der Waals surface area contributed by atoms with E-state index in [1.807, 2.05) is 12.1 Å². The summed E-state index contributed by atoms with van der Waals surface area (Å²) in [5, 5.41) is 3.59. The van der Waals surface area contributed by atoms with Gasteiger partial charge in [0.1, 0.15) is 5.75 Å².